The Bertz CT molecular complexity index is 1200. The van der Waals surface area contributed by atoms with Crippen LogP contribution in [0.2, 0.25) is 0 Å². The molecule has 1 unspecified atom stereocenters. The first-order valence-corrected chi connectivity index (χ1v) is 10.1. The summed E-state index contributed by atoms with van der Waals surface area (Å²) in [4.78, 5) is 35.7. The van der Waals surface area contributed by atoms with Crippen molar-refractivity contribution in [3.05, 3.63) is 71.7 Å². The molecule has 184 valence electrons. The molecular weight excluding hydrogens is 465 g/mol. The number of ketones is 1. The monoisotopic (exact) mass is 487 g/mol. The van der Waals surface area contributed by atoms with Crippen molar-refractivity contribution in [3.63, 3.8) is 0 Å². The molecule has 0 bridgehead atoms. The quantitative estimate of drug-likeness (QED) is 0.353. The van der Waals surface area contributed by atoms with E-state index in [2.05, 4.69) is 14.6 Å². The van der Waals surface area contributed by atoms with Gasteiger partial charge in [0.2, 0.25) is 0 Å². The van der Waals surface area contributed by atoms with Gasteiger partial charge in [0.1, 0.15) is 30.6 Å². The second-order valence-electron chi connectivity index (χ2n) is 6.96. The maximum Gasteiger partial charge on any atom is 0.508 e. The first-order valence-electron chi connectivity index (χ1n) is 10.1. The third-order valence-corrected chi connectivity index (χ3v) is 4.64. The maximum absolute atomic E-state index is 13.2. The molecule has 1 atom stereocenters. The Balaban J connectivity index is 1.72. The minimum absolute atomic E-state index is 0.0828. The van der Waals surface area contributed by atoms with E-state index in [-0.39, 0.29) is 35.9 Å². The highest BCUT2D eigenvalue weighted by molar-refractivity contribution is 6.11. The van der Waals surface area contributed by atoms with E-state index >= 15 is 0 Å². The van der Waals surface area contributed by atoms with Gasteiger partial charge >= 0.3 is 12.3 Å². The van der Waals surface area contributed by atoms with Crippen molar-refractivity contribution in [2.24, 2.45) is 0 Å². The highest BCUT2D eigenvalue weighted by Gasteiger charge is 2.21. The van der Waals surface area contributed by atoms with Crippen LogP contribution in [0.1, 0.15) is 15.9 Å². The Morgan fingerprint density at radius 2 is 1.74 bits per heavy atom. The summed E-state index contributed by atoms with van der Waals surface area (Å²) in [6.45, 7) is -0.562. The predicted octanol–water partition coefficient (Wildman–Crippen LogP) is 3.14. The van der Waals surface area contributed by atoms with Gasteiger partial charge in [-0.2, -0.15) is 5.10 Å². The van der Waals surface area contributed by atoms with E-state index in [1.54, 1.807) is 18.2 Å². The average molecular weight is 487 g/mol. The first kappa shape index (κ1) is 25.0. The molecule has 2 N–H and O–H groups in total. The molecule has 1 heterocycles. The fraction of sp³-hybridized carbons (Fsp3) is 0.217. The molecule has 2 aromatic carbocycles. The number of methoxy groups -OCH3 is 2. The summed E-state index contributed by atoms with van der Waals surface area (Å²) < 4.78 is 38.7. The van der Waals surface area contributed by atoms with Crippen LogP contribution < -0.4 is 10.5 Å². The summed E-state index contributed by atoms with van der Waals surface area (Å²) >= 11 is 0. The van der Waals surface area contributed by atoms with Crippen molar-refractivity contribution in [3.8, 4) is 11.4 Å². The Morgan fingerprint density at radius 1 is 1.03 bits per heavy atom. The van der Waals surface area contributed by atoms with E-state index in [4.69, 9.17) is 19.9 Å². The van der Waals surface area contributed by atoms with Crippen molar-refractivity contribution in [2.45, 2.75) is 6.10 Å². The van der Waals surface area contributed by atoms with Crippen LogP contribution in [-0.2, 0) is 18.9 Å². The number of rotatable bonds is 9. The Labute approximate surface area is 199 Å². The van der Waals surface area contributed by atoms with E-state index in [0.717, 1.165) is 14.2 Å². The molecule has 0 saturated heterocycles. The van der Waals surface area contributed by atoms with Gasteiger partial charge in [-0.3, -0.25) is 4.79 Å². The van der Waals surface area contributed by atoms with Gasteiger partial charge in [0, 0.05) is 5.56 Å². The van der Waals surface area contributed by atoms with Crippen molar-refractivity contribution in [1.82, 2.24) is 9.78 Å². The maximum atomic E-state index is 13.2. The molecule has 0 amide bonds. The smallest absolute Gasteiger partial charge is 0.490 e. The number of carbonyl (C=O) groups is 3. The normalized spacial score (nSPS) is 11.3. The van der Waals surface area contributed by atoms with Crippen LogP contribution in [0.3, 0.4) is 0 Å². The molecule has 11 nitrogen and oxygen atoms in total. The molecule has 0 aliphatic heterocycles. The Kier molecular flexibility index (Phi) is 8.22. The van der Waals surface area contributed by atoms with Gasteiger partial charge in [0.05, 0.1) is 31.7 Å². The number of nitrogens with zero attached hydrogens (tertiary/aromatic N) is 2. The molecule has 0 saturated carbocycles. The van der Waals surface area contributed by atoms with E-state index in [1.165, 1.54) is 41.2 Å². The fourth-order valence-electron chi connectivity index (χ4n) is 2.91. The zero-order chi connectivity index (χ0) is 25.4. The van der Waals surface area contributed by atoms with Crippen LogP contribution in [0.5, 0.6) is 5.75 Å². The lowest BCUT2D eigenvalue weighted by Crippen LogP contribution is -2.31. The topological polar surface area (TPSA) is 141 Å². The molecule has 35 heavy (non-hydrogen) atoms. The molecule has 3 aromatic rings. The summed E-state index contributed by atoms with van der Waals surface area (Å²) in [5.41, 5.74) is 7.01. The molecular formula is C23H22FN3O8. The zero-order valence-electron chi connectivity index (χ0n) is 18.8. The number of anilines is 1. The number of benzene rings is 2. The number of halogens is 1. The number of hydrogen-bond acceptors (Lipinski definition) is 10. The highest BCUT2D eigenvalue weighted by Crippen LogP contribution is 2.23. The lowest BCUT2D eigenvalue weighted by Gasteiger charge is -2.17. The molecule has 0 radical (unpaired) electrons. The van der Waals surface area contributed by atoms with Gasteiger partial charge in [-0.05, 0) is 36.4 Å². The Morgan fingerprint density at radius 3 is 2.43 bits per heavy atom. The van der Waals surface area contributed by atoms with Gasteiger partial charge in [-0.15, -0.1) is 0 Å². The Hall–Kier alpha value is -4.61. The van der Waals surface area contributed by atoms with Crippen LogP contribution in [0.15, 0.2) is 54.7 Å². The van der Waals surface area contributed by atoms with Crippen LogP contribution in [-0.4, -0.2) is 61.4 Å². The van der Waals surface area contributed by atoms with Crippen LogP contribution in [0.4, 0.5) is 19.8 Å². The summed E-state index contributed by atoms with van der Waals surface area (Å²) in [6, 6.07) is 11.7. The zero-order valence-corrected chi connectivity index (χ0v) is 18.8. The van der Waals surface area contributed by atoms with Gasteiger partial charge in [0.15, 0.2) is 11.9 Å². The van der Waals surface area contributed by atoms with Gasteiger partial charge in [-0.1, -0.05) is 12.1 Å². The second kappa shape index (κ2) is 11.5. The van der Waals surface area contributed by atoms with Gasteiger partial charge in [-0.25, -0.2) is 18.7 Å². The minimum atomic E-state index is -1.01. The minimum Gasteiger partial charge on any atom is -0.490 e. The lowest BCUT2D eigenvalue weighted by atomic mass is 10.1. The molecule has 0 aliphatic carbocycles. The molecule has 0 spiro atoms. The van der Waals surface area contributed by atoms with Crippen molar-refractivity contribution >= 4 is 23.9 Å². The number of nitrogen functional groups attached to an aromatic ring is 1. The first-order chi connectivity index (χ1) is 16.8. The largest absolute Gasteiger partial charge is 0.508 e. The number of hydrogen-bond donors (Lipinski definition) is 1. The standard InChI is InChI=1S/C23H22FN3O8/c1-31-22(29)34-13-18(35-23(30)32-2)12-33-17-5-3-4-14(10-17)20(28)19-11-26-27(21(19)25)16-8-6-15(24)7-9-16/h3-11,18H,12-13,25H2,1-2H3. The molecule has 1 aromatic heterocycles. The van der Waals surface area contributed by atoms with E-state index in [1.807, 2.05) is 0 Å². The SMILES string of the molecule is COC(=O)OCC(COc1cccc(C(=O)c2cnn(-c3ccc(F)cc3)c2N)c1)OC(=O)OC. The summed E-state index contributed by atoms with van der Waals surface area (Å²) in [7, 11) is 2.26. The fourth-order valence-corrected chi connectivity index (χ4v) is 2.91. The number of carbonyl (C=O) groups excluding carboxylic acids is 3. The van der Waals surface area contributed by atoms with Crippen molar-refractivity contribution < 1.29 is 42.5 Å². The molecule has 12 heteroatoms. The number of ether oxygens (including phenoxy) is 5. The summed E-state index contributed by atoms with van der Waals surface area (Å²) in [5.74, 6) is -0.474. The molecule has 0 aliphatic rings. The third-order valence-electron chi connectivity index (χ3n) is 4.64. The van der Waals surface area contributed by atoms with Crippen LogP contribution in [0, 0.1) is 5.82 Å². The molecule has 3 rings (SSSR count). The van der Waals surface area contributed by atoms with Crippen molar-refractivity contribution in [1.29, 1.82) is 0 Å². The van der Waals surface area contributed by atoms with Crippen LogP contribution in [0.25, 0.3) is 5.69 Å². The predicted molar refractivity (Wildman–Crippen MR) is 119 cm³/mol. The van der Waals surface area contributed by atoms with E-state index in [9.17, 15) is 18.8 Å². The van der Waals surface area contributed by atoms with Crippen LogP contribution >= 0.6 is 0 Å². The second-order valence-corrected chi connectivity index (χ2v) is 6.96. The average Bonchev–Trinajstić information content (AvgIpc) is 3.26. The van der Waals surface area contributed by atoms with Crippen molar-refractivity contribution in [2.75, 3.05) is 33.2 Å². The van der Waals surface area contributed by atoms with Gasteiger partial charge in [0.25, 0.3) is 0 Å². The number of nitrogens with two attached hydrogens (primary N) is 1. The molecule has 0 fully saturated rings. The third kappa shape index (κ3) is 6.47. The number of aromatic nitrogens is 2. The summed E-state index contributed by atoms with van der Waals surface area (Å²) in [6.07, 6.45) is -1.65. The van der Waals surface area contributed by atoms with E-state index in [0.29, 0.717) is 5.69 Å². The van der Waals surface area contributed by atoms with E-state index < -0.39 is 30.0 Å². The highest BCUT2D eigenvalue weighted by atomic mass is 19.1. The summed E-state index contributed by atoms with van der Waals surface area (Å²) in [5, 5.41) is 4.13. The lowest BCUT2D eigenvalue weighted by molar-refractivity contribution is -0.0218. The van der Waals surface area contributed by atoms with Gasteiger partial charge < -0.3 is 29.4 Å².